The third-order valence-electron chi connectivity index (χ3n) is 4.94. The molecule has 2 heterocycles. The number of fused-ring (bicyclic) bond motifs is 1. The SMILES string of the molecule is CN=C(NCC1(CO)CCOCC1)N(C)Cc1ccc2c(c1)OCO2. The fourth-order valence-electron chi connectivity index (χ4n) is 3.23. The molecule has 0 saturated carbocycles. The van der Waals surface area contributed by atoms with Crippen molar-refractivity contribution in [3.8, 4) is 11.5 Å². The second-order valence-corrected chi connectivity index (χ2v) is 6.71. The predicted octanol–water partition coefficient (Wildman–Crippen LogP) is 1.21. The first kappa shape index (κ1) is 17.8. The lowest BCUT2D eigenvalue weighted by Crippen LogP contribution is -2.47. The maximum Gasteiger partial charge on any atom is 0.231 e. The van der Waals surface area contributed by atoms with Crippen LogP contribution >= 0.6 is 0 Å². The van der Waals surface area contributed by atoms with Gasteiger partial charge in [-0.15, -0.1) is 0 Å². The van der Waals surface area contributed by atoms with Crippen LogP contribution in [0.5, 0.6) is 11.5 Å². The third-order valence-corrected chi connectivity index (χ3v) is 4.94. The first-order valence-corrected chi connectivity index (χ1v) is 8.65. The molecule has 138 valence electrons. The molecule has 1 aromatic carbocycles. The van der Waals surface area contributed by atoms with Crippen molar-refractivity contribution >= 4 is 5.96 Å². The summed E-state index contributed by atoms with van der Waals surface area (Å²) in [5.41, 5.74) is 0.992. The van der Waals surface area contributed by atoms with Crippen LogP contribution in [0, 0.1) is 5.41 Å². The monoisotopic (exact) mass is 349 g/mol. The molecule has 0 atom stereocenters. The van der Waals surface area contributed by atoms with Crippen molar-refractivity contribution in [3.63, 3.8) is 0 Å². The van der Waals surface area contributed by atoms with E-state index >= 15 is 0 Å². The van der Waals surface area contributed by atoms with Crippen molar-refractivity contribution in [2.45, 2.75) is 19.4 Å². The van der Waals surface area contributed by atoms with Crippen LogP contribution in [-0.4, -0.2) is 63.2 Å². The number of nitrogens with zero attached hydrogens (tertiary/aromatic N) is 2. The highest BCUT2D eigenvalue weighted by molar-refractivity contribution is 5.79. The van der Waals surface area contributed by atoms with E-state index in [0.29, 0.717) is 26.3 Å². The minimum absolute atomic E-state index is 0.131. The molecule has 25 heavy (non-hydrogen) atoms. The van der Waals surface area contributed by atoms with Gasteiger partial charge >= 0.3 is 0 Å². The molecule has 1 aromatic rings. The van der Waals surface area contributed by atoms with Gasteiger partial charge in [0.1, 0.15) is 0 Å². The largest absolute Gasteiger partial charge is 0.454 e. The van der Waals surface area contributed by atoms with E-state index in [1.807, 2.05) is 25.2 Å². The Hall–Kier alpha value is -1.99. The summed E-state index contributed by atoms with van der Waals surface area (Å²) in [7, 11) is 3.77. The average molecular weight is 349 g/mol. The van der Waals surface area contributed by atoms with Crippen molar-refractivity contribution in [1.29, 1.82) is 0 Å². The number of benzene rings is 1. The molecule has 0 unspecified atom stereocenters. The fourth-order valence-corrected chi connectivity index (χ4v) is 3.23. The van der Waals surface area contributed by atoms with Gasteiger partial charge in [0.05, 0.1) is 6.61 Å². The smallest absolute Gasteiger partial charge is 0.231 e. The molecule has 0 bridgehead atoms. The summed E-state index contributed by atoms with van der Waals surface area (Å²) in [6.45, 7) is 3.23. The fraction of sp³-hybridized carbons (Fsp3) is 0.611. The van der Waals surface area contributed by atoms with Gasteiger partial charge in [-0.3, -0.25) is 4.99 Å². The number of aliphatic hydroxyl groups is 1. The highest BCUT2D eigenvalue weighted by Gasteiger charge is 2.32. The highest BCUT2D eigenvalue weighted by atomic mass is 16.7. The minimum atomic E-state index is -0.131. The van der Waals surface area contributed by atoms with Gasteiger partial charge in [0.25, 0.3) is 0 Å². The molecule has 0 radical (unpaired) electrons. The van der Waals surface area contributed by atoms with Crippen molar-refractivity contribution in [1.82, 2.24) is 10.2 Å². The lowest BCUT2D eigenvalue weighted by atomic mass is 9.81. The Morgan fingerprint density at radius 2 is 2.04 bits per heavy atom. The standard InChI is InChI=1S/C18H27N3O4/c1-19-17(20-11-18(12-22)5-7-23-8-6-18)21(2)10-14-3-4-15-16(9-14)25-13-24-15/h3-4,9,22H,5-8,10-13H2,1-2H3,(H,19,20). The van der Waals surface area contributed by atoms with E-state index in [0.717, 1.165) is 35.9 Å². The minimum Gasteiger partial charge on any atom is -0.454 e. The first-order chi connectivity index (χ1) is 12.2. The predicted molar refractivity (Wildman–Crippen MR) is 95.0 cm³/mol. The average Bonchev–Trinajstić information content (AvgIpc) is 3.11. The maximum absolute atomic E-state index is 9.82. The van der Waals surface area contributed by atoms with Crippen LogP contribution in [0.25, 0.3) is 0 Å². The molecule has 0 aliphatic carbocycles. The summed E-state index contributed by atoms with van der Waals surface area (Å²) in [6, 6.07) is 5.97. The Balaban J connectivity index is 1.58. The number of hydrogen-bond acceptors (Lipinski definition) is 5. The number of guanidine groups is 1. The summed E-state index contributed by atoms with van der Waals surface area (Å²) >= 11 is 0. The van der Waals surface area contributed by atoms with Gasteiger partial charge in [-0.2, -0.15) is 0 Å². The van der Waals surface area contributed by atoms with Crippen LogP contribution in [0.4, 0.5) is 0 Å². The molecule has 2 N–H and O–H groups in total. The summed E-state index contributed by atoms with van der Waals surface area (Å²) in [5, 5.41) is 13.2. The second kappa shape index (κ2) is 7.93. The van der Waals surface area contributed by atoms with Gasteiger partial charge in [0.2, 0.25) is 6.79 Å². The second-order valence-electron chi connectivity index (χ2n) is 6.71. The molecule has 3 rings (SSSR count). The zero-order chi connectivity index (χ0) is 17.7. The van der Waals surface area contributed by atoms with Gasteiger partial charge in [-0.1, -0.05) is 6.07 Å². The summed E-state index contributed by atoms with van der Waals surface area (Å²) in [4.78, 5) is 6.43. The summed E-state index contributed by atoms with van der Waals surface area (Å²) in [6.07, 6.45) is 1.72. The Morgan fingerprint density at radius 3 is 2.76 bits per heavy atom. The molecule has 0 amide bonds. The maximum atomic E-state index is 9.82. The van der Waals surface area contributed by atoms with Gasteiger partial charge in [0, 0.05) is 45.8 Å². The lowest BCUT2D eigenvalue weighted by molar-refractivity contribution is -0.0134. The zero-order valence-corrected chi connectivity index (χ0v) is 15.0. The van der Waals surface area contributed by atoms with Gasteiger partial charge < -0.3 is 29.5 Å². The molecule has 1 fully saturated rings. The van der Waals surface area contributed by atoms with E-state index in [2.05, 4.69) is 15.2 Å². The van der Waals surface area contributed by atoms with E-state index in [1.165, 1.54) is 0 Å². The van der Waals surface area contributed by atoms with E-state index < -0.39 is 0 Å². The molecule has 1 saturated heterocycles. The van der Waals surface area contributed by atoms with Crippen LogP contribution in [-0.2, 0) is 11.3 Å². The molecular weight excluding hydrogens is 322 g/mol. The molecule has 0 spiro atoms. The number of aliphatic hydroxyl groups excluding tert-OH is 1. The first-order valence-electron chi connectivity index (χ1n) is 8.65. The quantitative estimate of drug-likeness (QED) is 0.615. The Morgan fingerprint density at radius 1 is 1.28 bits per heavy atom. The Bertz CT molecular complexity index is 614. The number of nitrogens with one attached hydrogen (secondary N) is 1. The van der Waals surface area contributed by atoms with Crippen molar-refractivity contribution in [2.75, 3.05) is 47.3 Å². The number of rotatable bonds is 5. The van der Waals surface area contributed by atoms with Gasteiger partial charge in [-0.25, -0.2) is 0 Å². The summed E-state index contributed by atoms with van der Waals surface area (Å²) in [5.74, 6) is 2.38. The van der Waals surface area contributed by atoms with E-state index in [4.69, 9.17) is 14.2 Å². The normalized spacial score (nSPS) is 18.9. The van der Waals surface area contributed by atoms with Gasteiger partial charge in [0.15, 0.2) is 17.5 Å². The molecule has 7 nitrogen and oxygen atoms in total. The van der Waals surface area contributed by atoms with E-state index in [-0.39, 0.29) is 18.8 Å². The van der Waals surface area contributed by atoms with Crippen LogP contribution in [0.1, 0.15) is 18.4 Å². The van der Waals surface area contributed by atoms with Crippen LogP contribution in [0.2, 0.25) is 0 Å². The molecule has 2 aliphatic heterocycles. The number of hydrogen-bond donors (Lipinski definition) is 2. The zero-order valence-electron chi connectivity index (χ0n) is 15.0. The Kier molecular flexibility index (Phi) is 5.65. The van der Waals surface area contributed by atoms with Crippen molar-refractivity contribution < 1.29 is 19.3 Å². The molecule has 7 heteroatoms. The van der Waals surface area contributed by atoms with Crippen LogP contribution in [0.3, 0.4) is 0 Å². The van der Waals surface area contributed by atoms with Crippen LogP contribution in [0.15, 0.2) is 23.2 Å². The molecular formula is C18H27N3O4. The molecule has 2 aliphatic rings. The van der Waals surface area contributed by atoms with E-state index in [1.54, 1.807) is 7.05 Å². The lowest BCUT2D eigenvalue weighted by Gasteiger charge is -2.36. The number of aliphatic imine (C=N–C) groups is 1. The van der Waals surface area contributed by atoms with Crippen molar-refractivity contribution in [3.05, 3.63) is 23.8 Å². The molecule has 0 aromatic heterocycles. The Labute approximate surface area is 148 Å². The summed E-state index contributed by atoms with van der Waals surface area (Å²) < 4.78 is 16.2. The van der Waals surface area contributed by atoms with Gasteiger partial charge in [-0.05, 0) is 30.5 Å². The topological polar surface area (TPSA) is 75.6 Å². The third kappa shape index (κ3) is 4.16. The van der Waals surface area contributed by atoms with Crippen LogP contribution < -0.4 is 14.8 Å². The number of ether oxygens (including phenoxy) is 3. The van der Waals surface area contributed by atoms with Crippen molar-refractivity contribution in [2.24, 2.45) is 10.4 Å². The van der Waals surface area contributed by atoms with E-state index in [9.17, 15) is 5.11 Å². The highest BCUT2D eigenvalue weighted by Crippen LogP contribution is 2.33.